The van der Waals surface area contributed by atoms with E-state index >= 15 is 0 Å². The number of aromatic nitrogens is 4. The number of nitrogens with zero attached hydrogens (tertiary/aromatic N) is 5. The summed E-state index contributed by atoms with van der Waals surface area (Å²) in [7, 11) is 0. The van der Waals surface area contributed by atoms with E-state index in [1.807, 2.05) is 50.4 Å². The predicted octanol–water partition coefficient (Wildman–Crippen LogP) is 5.63. The molecule has 1 unspecified atom stereocenters. The summed E-state index contributed by atoms with van der Waals surface area (Å²) >= 11 is 0. The van der Waals surface area contributed by atoms with E-state index in [4.69, 9.17) is 4.74 Å². The first kappa shape index (κ1) is 26.0. The standard InChI is InChI=1S/C31H29N7O3/c1-4-23(37-11-7-9-30(37)39)13-27-19(2)25-17-33-28(14-24(25)20(3)41-27)35-21-12-22(16-32-15-21)36-31(40)26-18-34-29-8-5-6-10-38(26)29/h4-6,8,10,12-18,20H,1,7,9,11H2,2-3H3,(H,33,35)(H,36,40)/b23-13+. The first-order valence-electron chi connectivity index (χ1n) is 13.4. The van der Waals surface area contributed by atoms with Crippen molar-refractivity contribution in [1.29, 1.82) is 0 Å². The monoisotopic (exact) mass is 547 g/mol. The number of carbonyl (C=O) groups is 2. The smallest absolute Gasteiger partial charge is 0.274 e. The molecular formula is C31H29N7O3. The summed E-state index contributed by atoms with van der Waals surface area (Å²) in [6.07, 6.45) is 13.1. The van der Waals surface area contributed by atoms with Crippen LogP contribution in [0.25, 0.3) is 11.2 Å². The number of ether oxygens (including phenoxy) is 1. The van der Waals surface area contributed by atoms with Crippen molar-refractivity contribution in [2.45, 2.75) is 32.8 Å². The molecule has 6 heterocycles. The number of amides is 2. The zero-order valence-electron chi connectivity index (χ0n) is 22.8. The second-order valence-electron chi connectivity index (χ2n) is 9.94. The lowest BCUT2D eigenvalue weighted by Crippen LogP contribution is -2.23. The maximum atomic E-state index is 12.9. The molecule has 1 fully saturated rings. The molecule has 0 spiro atoms. The van der Waals surface area contributed by atoms with E-state index in [0.29, 0.717) is 47.3 Å². The van der Waals surface area contributed by atoms with E-state index < -0.39 is 0 Å². The van der Waals surface area contributed by atoms with Crippen molar-refractivity contribution in [3.05, 3.63) is 108 Å². The van der Waals surface area contributed by atoms with Gasteiger partial charge in [0.25, 0.3) is 5.91 Å². The summed E-state index contributed by atoms with van der Waals surface area (Å²) in [6, 6.07) is 9.30. The van der Waals surface area contributed by atoms with Gasteiger partial charge < -0.3 is 20.3 Å². The van der Waals surface area contributed by atoms with Crippen molar-refractivity contribution >= 4 is 40.2 Å². The number of hydrogen-bond donors (Lipinski definition) is 2. The molecule has 0 saturated carbocycles. The number of imidazole rings is 1. The number of carbonyl (C=O) groups excluding carboxylic acids is 2. The quantitative estimate of drug-likeness (QED) is 0.288. The molecule has 1 saturated heterocycles. The Morgan fingerprint density at radius 2 is 2.00 bits per heavy atom. The van der Waals surface area contributed by atoms with Crippen molar-refractivity contribution < 1.29 is 14.3 Å². The molecule has 10 nitrogen and oxygen atoms in total. The number of likely N-dealkylation sites (tertiary alicyclic amines) is 1. The molecule has 0 aromatic carbocycles. The Morgan fingerprint density at radius 3 is 2.80 bits per heavy atom. The van der Waals surface area contributed by atoms with E-state index in [0.717, 1.165) is 28.8 Å². The Bertz CT molecular complexity index is 1750. The fourth-order valence-electron chi connectivity index (χ4n) is 5.13. The van der Waals surface area contributed by atoms with Crippen molar-refractivity contribution in [2.75, 3.05) is 17.2 Å². The predicted molar refractivity (Wildman–Crippen MR) is 156 cm³/mol. The van der Waals surface area contributed by atoms with Crippen LogP contribution in [-0.2, 0) is 9.53 Å². The minimum Gasteiger partial charge on any atom is -0.486 e. The summed E-state index contributed by atoms with van der Waals surface area (Å²) in [5, 5.41) is 6.17. The summed E-state index contributed by atoms with van der Waals surface area (Å²) in [5.74, 6) is 1.12. The van der Waals surface area contributed by atoms with Crippen LogP contribution in [0.3, 0.4) is 0 Å². The Balaban J connectivity index is 1.21. The van der Waals surface area contributed by atoms with Gasteiger partial charge in [-0.2, -0.15) is 0 Å². The van der Waals surface area contributed by atoms with Crippen molar-refractivity contribution in [3.63, 3.8) is 0 Å². The van der Waals surface area contributed by atoms with Crippen LogP contribution in [0.5, 0.6) is 0 Å². The van der Waals surface area contributed by atoms with Crippen LogP contribution in [0.1, 0.15) is 54.4 Å². The van der Waals surface area contributed by atoms with Gasteiger partial charge in [0, 0.05) is 53.8 Å². The lowest BCUT2D eigenvalue weighted by atomic mass is 9.95. The number of allylic oxidation sites excluding steroid dienone is 3. The largest absolute Gasteiger partial charge is 0.486 e. The van der Waals surface area contributed by atoms with Gasteiger partial charge in [-0.15, -0.1) is 0 Å². The zero-order chi connectivity index (χ0) is 28.5. The molecule has 2 amide bonds. The number of hydrogen-bond acceptors (Lipinski definition) is 7. The zero-order valence-corrected chi connectivity index (χ0v) is 22.8. The third-order valence-electron chi connectivity index (χ3n) is 7.24. The molecule has 4 aromatic heterocycles. The average Bonchev–Trinajstić information content (AvgIpc) is 3.61. The van der Waals surface area contributed by atoms with Gasteiger partial charge in [0.1, 0.15) is 29.0 Å². The summed E-state index contributed by atoms with van der Waals surface area (Å²) in [5.41, 5.74) is 5.95. The SMILES string of the molecule is C=C/C(=C\C1=C(C)c2cnc(Nc3cncc(NC(=O)c4cnc5ccccn45)c3)cc2C(C)O1)N1CCCC1=O. The van der Waals surface area contributed by atoms with Crippen LogP contribution >= 0.6 is 0 Å². The molecule has 10 heteroatoms. The van der Waals surface area contributed by atoms with Crippen LogP contribution in [0, 0.1) is 0 Å². The Labute approximate surface area is 237 Å². The van der Waals surface area contributed by atoms with Crippen LogP contribution < -0.4 is 10.6 Å². The molecule has 2 aliphatic heterocycles. The van der Waals surface area contributed by atoms with Gasteiger partial charge in [-0.05, 0) is 50.6 Å². The number of nitrogens with one attached hydrogen (secondary N) is 2. The van der Waals surface area contributed by atoms with Gasteiger partial charge in [-0.1, -0.05) is 12.6 Å². The third kappa shape index (κ3) is 5.07. The molecule has 1 atom stereocenters. The highest BCUT2D eigenvalue weighted by molar-refractivity contribution is 6.03. The van der Waals surface area contributed by atoms with Crippen LogP contribution in [0.15, 0.2) is 91.5 Å². The normalized spacial score (nSPS) is 16.9. The molecule has 4 aromatic rings. The number of pyridine rings is 3. The van der Waals surface area contributed by atoms with Crippen molar-refractivity contribution in [3.8, 4) is 0 Å². The summed E-state index contributed by atoms with van der Waals surface area (Å²) in [6.45, 7) is 8.55. The molecule has 0 radical (unpaired) electrons. The second kappa shape index (κ2) is 10.7. The van der Waals surface area contributed by atoms with Gasteiger partial charge >= 0.3 is 0 Å². The number of fused-ring (bicyclic) bond motifs is 2. The van der Waals surface area contributed by atoms with Gasteiger partial charge in [0.2, 0.25) is 5.91 Å². The fraction of sp³-hybridized carbons (Fsp3) is 0.194. The topological polar surface area (TPSA) is 114 Å². The lowest BCUT2D eigenvalue weighted by molar-refractivity contribution is -0.125. The van der Waals surface area contributed by atoms with Gasteiger partial charge in [0.15, 0.2) is 0 Å². The van der Waals surface area contributed by atoms with E-state index in [9.17, 15) is 9.59 Å². The summed E-state index contributed by atoms with van der Waals surface area (Å²) < 4.78 is 8.01. The Kier molecular flexibility index (Phi) is 6.80. The molecule has 6 rings (SSSR count). The minimum absolute atomic E-state index is 0.101. The van der Waals surface area contributed by atoms with Gasteiger partial charge in [-0.25, -0.2) is 9.97 Å². The van der Waals surface area contributed by atoms with E-state index in [1.54, 1.807) is 46.2 Å². The van der Waals surface area contributed by atoms with E-state index in [2.05, 4.69) is 32.2 Å². The molecule has 2 aliphatic rings. The first-order valence-corrected chi connectivity index (χ1v) is 13.4. The summed E-state index contributed by atoms with van der Waals surface area (Å²) in [4.78, 5) is 40.1. The maximum absolute atomic E-state index is 12.9. The van der Waals surface area contributed by atoms with Crippen LogP contribution in [-0.4, -0.2) is 42.6 Å². The van der Waals surface area contributed by atoms with Crippen molar-refractivity contribution in [2.24, 2.45) is 0 Å². The van der Waals surface area contributed by atoms with Crippen molar-refractivity contribution in [1.82, 2.24) is 24.3 Å². The van der Waals surface area contributed by atoms with Gasteiger partial charge in [0.05, 0.1) is 30.0 Å². The Hall–Kier alpha value is -5.25. The highest BCUT2D eigenvalue weighted by Gasteiger charge is 2.26. The first-order chi connectivity index (χ1) is 19.9. The number of rotatable bonds is 7. The van der Waals surface area contributed by atoms with E-state index in [-0.39, 0.29) is 17.9 Å². The third-order valence-corrected chi connectivity index (χ3v) is 7.24. The molecule has 2 N–H and O–H groups in total. The highest BCUT2D eigenvalue weighted by Crippen LogP contribution is 2.38. The molecule has 41 heavy (non-hydrogen) atoms. The molecule has 206 valence electrons. The molecule has 0 bridgehead atoms. The average molecular weight is 548 g/mol. The molecule has 0 aliphatic carbocycles. The second-order valence-corrected chi connectivity index (χ2v) is 9.94. The fourth-order valence-corrected chi connectivity index (χ4v) is 5.13. The van der Waals surface area contributed by atoms with Gasteiger partial charge in [-0.3, -0.25) is 19.0 Å². The maximum Gasteiger partial charge on any atom is 0.274 e. The highest BCUT2D eigenvalue weighted by atomic mass is 16.5. The minimum atomic E-state index is -0.290. The number of anilines is 3. The van der Waals surface area contributed by atoms with Crippen LogP contribution in [0.4, 0.5) is 17.2 Å². The van der Waals surface area contributed by atoms with E-state index in [1.165, 1.54) is 0 Å². The Morgan fingerprint density at radius 1 is 1.15 bits per heavy atom. The molecular weight excluding hydrogens is 518 g/mol. The van der Waals surface area contributed by atoms with Crippen LogP contribution in [0.2, 0.25) is 0 Å². The lowest BCUT2D eigenvalue weighted by Gasteiger charge is -2.28.